The summed E-state index contributed by atoms with van der Waals surface area (Å²) in [6.07, 6.45) is 2.93. The highest BCUT2D eigenvalue weighted by atomic mass is 32.2. The van der Waals surface area contributed by atoms with E-state index < -0.39 is 14.6 Å². The van der Waals surface area contributed by atoms with E-state index in [4.69, 9.17) is 0 Å². The molecule has 0 bridgehead atoms. The third kappa shape index (κ3) is 2.95. The summed E-state index contributed by atoms with van der Waals surface area (Å²) in [7, 11) is -3.07. The molecular formula is C9H17N3O2S. The zero-order chi connectivity index (χ0) is 11.7. The third-order valence-corrected chi connectivity index (χ3v) is 4.54. The maximum absolute atomic E-state index is 11.4. The lowest BCUT2D eigenvalue weighted by molar-refractivity contribution is 0.559. The quantitative estimate of drug-likeness (QED) is 0.809. The molecule has 0 amide bonds. The van der Waals surface area contributed by atoms with Crippen molar-refractivity contribution in [1.29, 1.82) is 0 Å². The molecule has 1 aromatic heterocycles. The minimum absolute atomic E-state index is 0.332. The van der Waals surface area contributed by atoms with E-state index in [9.17, 15) is 8.42 Å². The predicted octanol–water partition coefficient (Wildman–Crippen LogP) is 0.953. The Hall–Kier alpha value is -1.04. The molecule has 6 heteroatoms. The summed E-state index contributed by atoms with van der Waals surface area (Å²) in [6, 6.07) is 0. The second-order valence-electron chi connectivity index (χ2n) is 4.30. The van der Waals surface area contributed by atoms with Gasteiger partial charge in [-0.15, -0.1) is 0 Å². The molecule has 0 spiro atoms. The van der Waals surface area contributed by atoms with E-state index in [-0.39, 0.29) is 0 Å². The second kappa shape index (κ2) is 3.84. The van der Waals surface area contributed by atoms with Crippen LogP contribution < -0.4 is 5.32 Å². The second-order valence-corrected chi connectivity index (χ2v) is 6.95. The fourth-order valence-electron chi connectivity index (χ4n) is 0.930. The molecule has 1 heterocycles. The van der Waals surface area contributed by atoms with Gasteiger partial charge in [0.05, 0.1) is 4.75 Å². The molecule has 0 atom stereocenters. The van der Waals surface area contributed by atoms with Gasteiger partial charge in [0.1, 0.15) is 0 Å². The van der Waals surface area contributed by atoms with Crippen molar-refractivity contribution in [3.63, 3.8) is 0 Å². The van der Waals surface area contributed by atoms with Gasteiger partial charge in [0.2, 0.25) is 0 Å². The number of anilines is 1. The summed E-state index contributed by atoms with van der Waals surface area (Å²) in [5.74, 6) is 0.601. The summed E-state index contributed by atoms with van der Waals surface area (Å²) < 4.78 is 22.0. The summed E-state index contributed by atoms with van der Waals surface area (Å²) in [5, 5.41) is 2.97. The zero-order valence-electron chi connectivity index (χ0n) is 9.46. The van der Waals surface area contributed by atoms with Crippen molar-refractivity contribution in [2.45, 2.75) is 25.5 Å². The Bertz CT molecular complexity index is 434. The highest BCUT2D eigenvalue weighted by molar-refractivity contribution is 7.92. The minimum Gasteiger partial charge on any atom is -0.354 e. The Balaban J connectivity index is 2.65. The van der Waals surface area contributed by atoms with E-state index in [0.29, 0.717) is 12.5 Å². The maximum atomic E-state index is 11.4. The van der Waals surface area contributed by atoms with Crippen LogP contribution in [0.25, 0.3) is 0 Å². The van der Waals surface area contributed by atoms with Crippen LogP contribution in [0, 0.1) is 6.92 Å². The summed E-state index contributed by atoms with van der Waals surface area (Å²) in [4.78, 5) is 7.02. The third-order valence-electron chi connectivity index (χ3n) is 2.39. The highest BCUT2D eigenvalue weighted by Gasteiger charge is 2.29. The first-order chi connectivity index (χ1) is 6.72. The topological polar surface area (TPSA) is 74.8 Å². The lowest BCUT2D eigenvalue weighted by atomic mass is 10.2. The molecule has 0 saturated carbocycles. The van der Waals surface area contributed by atoms with Crippen LogP contribution in [-0.2, 0) is 9.84 Å². The molecule has 1 aromatic rings. The SMILES string of the molecule is Cc1cnc(NCC(C)(C)S(C)(=O)=O)[nH]1. The van der Waals surface area contributed by atoms with Crippen molar-refractivity contribution in [2.24, 2.45) is 0 Å². The molecule has 1 rings (SSSR count). The molecule has 0 saturated heterocycles. The number of hydrogen-bond donors (Lipinski definition) is 2. The fraction of sp³-hybridized carbons (Fsp3) is 0.667. The van der Waals surface area contributed by atoms with Crippen LogP contribution in [0.4, 0.5) is 5.95 Å². The van der Waals surface area contributed by atoms with Crippen LogP contribution in [0.3, 0.4) is 0 Å². The minimum atomic E-state index is -3.07. The number of nitrogens with one attached hydrogen (secondary N) is 2. The van der Waals surface area contributed by atoms with Crippen LogP contribution >= 0.6 is 0 Å². The highest BCUT2D eigenvalue weighted by Crippen LogP contribution is 2.15. The van der Waals surface area contributed by atoms with Gasteiger partial charge in [0.15, 0.2) is 15.8 Å². The van der Waals surface area contributed by atoms with Gasteiger partial charge < -0.3 is 10.3 Å². The van der Waals surface area contributed by atoms with Gasteiger partial charge in [-0.05, 0) is 20.8 Å². The summed E-state index contributed by atoms with van der Waals surface area (Å²) in [5.41, 5.74) is 0.940. The molecule has 15 heavy (non-hydrogen) atoms. The van der Waals surface area contributed by atoms with Gasteiger partial charge in [-0.2, -0.15) is 0 Å². The van der Waals surface area contributed by atoms with Gasteiger partial charge in [0.25, 0.3) is 0 Å². The molecule has 0 aromatic carbocycles. The molecule has 5 nitrogen and oxygen atoms in total. The van der Waals surface area contributed by atoms with Gasteiger partial charge in [-0.1, -0.05) is 0 Å². The molecule has 0 aliphatic heterocycles. The van der Waals surface area contributed by atoms with E-state index in [1.54, 1.807) is 20.0 Å². The van der Waals surface area contributed by atoms with Gasteiger partial charge in [-0.3, -0.25) is 0 Å². The van der Waals surface area contributed by atoms with Crippen LogP contribution in [0.2, 0.25) is 0 Å². The van der Waals surface area contributed by atoms with Gasteiger partial charge in [-0.25, -0.2) is 13.4 Å². The fourth-order valence-corrected chi connectivity index (χ4v) is 1.26. The van der Waals surface area contributed by atoms with Crippen LogP contribution in [0.15, 0.2) is 6.20 Å². The molecule has 0 aliphatic rings. The van der Waals surface area contributed by atoms with Crippen molar-refractivity contribution in [3.05, 3.63) is 11.9 Å². The monoisotopic (exact) mass is 231 g/mol. The number of aryl methyl sites for hydroxylation is 1. The Kier molecular flexibility index (Phi) is 3.08. The van der Waals surface area contributed by atoms with Gasteiger partial charge in [0, 0.05) is 24.7 Å². The average Bonchev–Trinajstić information content (AvgIpc) is 2.46. The van der Waals surface area contributed by atoms with Crippen molar-refractivity contribution in [2.75, 3.05) is 18.1 Å². The van der Waals surface area contributed by atoms with E-state index in [0.717, 1.165) is 5.69 Å². The number of aromatic nitrogens is 2. The van der Waals surface area contributed by atoms with E-state index in [1.165, 1.54) is 6.26 Å². The number of sulfone groups is 1. The first-order valence-electron chi connectivity index (χ1n) is 4.67. The molecule has 0 aliphatic carbocycles. The lowest BCUT2D eigenvalue weighted by Gasteiger charge is -2.22. The lowest BCUT2D eigenvalue weighted by Crippen LogP contribution is -2.38. The summed E-state index contributed by atoms with van der Waals surface area (Å²) >= 11 is 0. The van der Waals surface area contributed by atoms with Crippen molar-refractivity contribution in [3.8, 4) is 0 Å². The number of nitrogens with zero attached hydrogens (tertiary/aromatic N) is 1. The van der Waals surface area contributed by atoms with Crippen LogP contribution in [-0.4, -0.2) is 35.9 Å². The van der Waals surface area contributed by atoms with Crippen molar-refractivity contribution < 1.29 is 8.42 Å². The van der Waals surface area contributed by atoms with Crippen LogP contribution in [0.1, 0.15) is 19.5 Å². The Morgan fingerprint density at radius 2 is 2.13 bits per heavy atom. The molecular weight excluding hydrogens is 214 g/mol. The zero-order valence-corrected chi connectivity index (χ0v) is 10.3. The average molecular weight is 231 g/mol. The van der Waals surface area contributed by atoms with E-state index >= 15 is 0 Å². The normalized spacial score (nSPS) is 12.8. The molecule has 86 valence electrons. The summed E-state index contributed by atoms with van der Waals surface area (Å²) in [6.45, 7) is 5.59. The Morgan fingerprint density at radius 3 is 2.53 bits per heavy atom. The first-order valence-corrected chi connectivity index (χ1v) is 6.56. The number of aromatic amines is 1. The number of H-pyrrole nitrogens is 1. The predicted molar refractivity (Wildman–Crippen MR) is 60.7 cm³/mol. The largest absolute Gasteiger partial charge is 0.354 e. The van der Waals surface area contributed by atoms with E-state index in [2.05, 4.69) is 15.3 Å². The molecule has 0 radical (unpaired) electrons. The molecule has 2 N–H and O–H groups in total. The number of hydrogen-bond acceptors (Lipinski definition) is 4. The standard InChI is InChI=1S/C9H17N3O2S/c1-7-5-10-8(12-7)11-6-9(2,3)15(4,13)14/h5H,6H2,1-4H3,(H2,10,11,12). The van der Waals surface area contributed by atoms with E-state index in [1.807, 2.05) is 6.92 Å². The Labute approximate surface area is 90.2 Å². The molecule has 0 unspecified atom stereocenters. The smallest absolute Gasteiger partial charge is 0.200 e. The number of imidazole rings is 1. The first kappa shape index (κ1) is 12.0. The van der Waals surface area contributed by atoms with Crippen molar-refractivity contribution >= 4 is 15.8 Å². The van der Waals surface area contributed by atoms with Gasteiger partial charge >= 0.3 is 0 Å². The molecule has 0 fully saturated rings. The maximum Gasteiger partial charge on any atom is 0.200 e. The van der Waals surface area contributed by atoms with Crippen molar-refractivity contribution in [1.82, 2.24) is 9.97 Å². The number of rotatable bonds is 4. The van der Waals surface area contributed by atoms with Crippen LogP contribution in [0.5, 0.6) is 0 Å². The Morgan fingerprint density at radius 1 is 1.53 bits per heavy atom.